The van der Waals surface area contributed by atoms with Crippen LogP contribution >= 0.6 is 0 Å². The molecule has 0 N–H and O–H groups in total. The monoisotopic (exact) mass is 282 g/mol. The summed E-state index contributed by atoms with van der Waals surface area (Å²) in [7, 11) is 0. The van der Waals surface area contributed by atoms with Gasteiger partial charge < -0.3 is 9.47 Å². The van der Waals surface area contributed by atoms with Gasteiger partial charge in [-0.2, -0.15) is 0 Å². The highest BCUT2D eigenvalue weighted by atomic mass is 16.7. The lowest BCUT2D eigenvalue weighted by atomic mass is 9.68. The van der Waals surface area contributed by atoms with Gasteiger partial charge in [0.1, 0.15) is 0 Å². The van der Waals surface area contributed by atoms with Crippen molar-refractivity contribution in [3.05, 3.63) is 0 Å². The lowest BCUT2D eigenvalue weighted by Crippen LogP contribution is -2.45. The summed E-state index contributed by atoms with van der Waals surface area (Å²) in [5, 5.41) is 0. The van der Waals surface area contributed by atoms with Crippen LogP contribution in [-0.4, -0.2) is 19.5 Å². The normalized spacial score (nSPS) is 38.9. The van der Waals surface area contributed by atoms with Crippen molar-refractivity contribution in [2.45, 2.75) is 84.8 Å². The van der Waals surface area contributed by atoms with E-state index in [2.05, 4.69) is 20.8 Å². The topological polar surface area (TPSA) is 18.5 Å². The van der Waals surface area contributed by atoms with Gasteiger partial charge in [0.25, 0.3) is 0 Å². The minimum atomic E-state index is 0.0709. The van der Waals surface area contributed by atoms with Crippen LogP contribution in [0.3, 0.4) is 0 Å². The van der Waals surface area contributed by atoms with Gasteiger partial charge in [0.2, 0.25) is 0 Å². The first kappa shape index (κ1) is 16.3. The maximum Gasteiger partial charge on any atom is 0.157 e. The number of hydrogen-bond acceptors (Lipinski definition) is 2. The zero-order chi connectivity index (χ0) is 14.4. The molecule has 2 heteroatoms. The molecule has 20 heavy (non-hydrogen) atoms. The summed E-state index contributed by atoms with van der Waals surface area (Å²) in [5.74, 6) is 1.78. The molecular formula is C18H34O2. The van der Waals surface area contributed by atoms with Gasteiger partial charge in [0.15, 0.2) is 6.29 Å². The van der Waals surface area contributed by atoms with Crippen molar-refractivity contribution in [1.29, 1.82) is 0 Å². The molecule has 0 atom stereocenters. The summed E-state index contributed by atoms with van der Waals surface area (Å²) in [5.41, 5.74) is 0.264. The second-order valence-electron chi connectivity index (χ2n) is 7.33. The Morgan fingerprint density at radius 3 is 2.15 bits per heavy atom. The smallest absolute Gasteiger partial charge is 0.157 e. The van der Waals surface area contributed by atoms with E-state index >= 15 is 0 Å². The Balaban J connectivity index is 1.74. The maximum absolute atomic E-state index is 6.02. The first-order valence-electron chi connectivity index (χ1n) is 8.91. The van der Waals surface area contributed by atoms with Crippen molar-refractivity contribution in [3.8, 4) is 0 Å². The molecule has 0 spiro atoms. The van der Waals surface area contributed by atoms with Crippen molar-refractivity contribution < 1.29 is 9.47 Å². The van der Waals surface area contributed by atoms with Crippen molar-refractivity contribution in [2.24, 2.45) is 17.3 Å². The van der Waals surface area contributed by atoms with Crippen molar-refractivity contribution in [1.82, 2.24) is 0 Å². The fourth-order valence-electron chi connectivity index (χ4n) is 3.89. The summed E-state index contributed by atoms with van der Waals surface area (Å²) in [4.78, 5) is 0. The SMILES string of the molecule is CCCCCC1OCC(C)(C2CCC(CC)CC2)CO1. The molecule has 0 radical (unpaired) electrons. The van der Waals surface area contributed by atoms with Crippen LogP contribution in [0.25, 0.3) is 0 Å². The Hall–Kier alpha value is -0.0800. The Kier molecular flexibility index (Phi) is 6.35. The lowest BCUT2D eigenvalue weighted by molar-refractivity contribution is -0.241. The van der Waals surface area contributed by atoms with Gasteiger partial charge in [-0.25, -0.2) is 0 Å². The van der Waals surface area contributed by atoms with Gasteiger partial charge in [-0.3, -0.25) is 0 Å². The molecule has 0 aromatic heterocycles. The predicted octanol–water partition coefficient (Wildman–Crippen LogP) is 5.16. The molecule has 0 amide bonds. The molecule has 1 aliphatic heterocycles. The first-order valence-corrected chi connectivity index (χ1v) is 8.91. The van der Waals surface area contributed by atoms with E-state index in [1.54, 1.807) is 0 Å². The quantitative estimate of drug-likeness (QED) is 0.626. The van der Waals surface area contributed by atoms with Gasteiger partial charge in [0, 0.05) is 5.41 Å². The van der Waals surface area contributed by atoms with Crippen LogP contribution < -0.4 is 0 Å². The maximum atomic E-state index is 6.02. The molecule has 1 aliphatic carbocycles. The lowest BCUT2D eigenvalue weighted by Gasteiger charge is -2.45. The van der Waals surface area contributed by atoms with E-state index in [0.29, 0.717) is 0 Å². The number of rotatable bonds is 6. The Morgan fingerprint density at radius 1 is 0.950 bits per heavy atom. The van der Waals surface area contributed by atoms with E-state index in [1.165, 1.54) is 51.4 Å². The molecule has 0 aromatic rings. The summed E-state index contributed by atoms with van der Waals surface area (Å²) in [6.45, 7) is 8.77. The van der Waals surface area contributed by atoms with Crippen LogP contribution in [0.15, 0.2) is 0 Å². The third-order valence-electron chi connectivity index (χ3n) is 5.65. The molecule has 2 nitrogen and oxygen atoms in total. The largest absolute Gasteiger partial charge is 0.352 e. The van der Waals surface area contributed by atoms with Crippen molar-refractivity contribution >= 4 is 0 Å². The summed E-state index contributed by atoms with van der Waals surface area (Å²) in [6, 6.07) is 0. The molecule has 0 bridgehead atoms. The third kappa shape index (κ3) is 4.21. The molecule has 0 unspecified atom stereocenters. The van der Waals surface area contributed by atoms with Gasteiger partial charge in [0.05, 0.1) is 13.2 Å². The van der Waals surface area contributed by atoms with Crippen LogP contribution in [0.4, 0.5) is 0 Å². The van der Waals surface area contributed by atoms with Crippen LogP contribution in [-0.2, 0) is 9.47 Å². The third-order valence-corrected chi connectivity index (χ3v) is 5.65. The fourth-order valence-corrected chi connectivity index (χ4v) is 3.89. The molecule has 1 heterocycles. The van der Waals surface area contributed by atoms with Crippen LogP contribution in [0.2, 0.25) is 0 Å². The minimum Gasteiger partial charge on any atom is -0.352 e. The Morgan fingerprint density at radius 2 is 1.60 bits per heavy atom. The Bertz CT molecular complexity index is 261. The fraction of sp³-hybridized carbons (Fsp3) is 1.00. The number of unbranched alkanes of at least 4 members (excludes halogenated alkanes) is 2. The molecule has 118 valence electrons. The Labute approximate surface area is 125 Å². The average Bonchev–Trinajstić information content (AvgIpc) is 2.50. The summed E-state index contributed by atoms with van der Waals surface area (Å²) in [6.07, 6.45) is 11.9. The first-order chi connectivity index (χ1) is 9.68. The summed E-state index contributed by atoms with van der Waals surface area (Å²) >= 11 is 0. The van der Waals surface area contributed by atoms with Crippen molar-refractivity contribution in [2.75, 3.05) is 13.2 Å². The number of hydrogen-bond donors (Lipinski definition) is 0. The average molecular weight is 282 g/mol. The highest BCUT2D eigenvalue weighted by Gasteiger charge is 2.40. The molecule has 2 fully saturated rings. The summed E-state index contributed by atoms with van der Waals surface area (Å²) < 4.78 is 12.0. The molecule has 2 aliphatic rings. The van der Waals surface area contributed by atoms with Crippen LogP contribution in [0, 0.1) is 17.3 Å². The zero-order valence-corrected chi connectivity index (χ0v) is 13.8. The predicted molar refractivity (Wildman–Crippen MR) is 83.7 cm³/mol. The van der Waals surface area contributed by atoms with E-state index in [4.69, 9.17) is 9.47 Å². The van der Waals surface area contributed by atoms with E-state index < -0.39 is 0 Å². The molecule has 0 aromatic carbocycles. The van der Waals surface area contributed by atoms with E-state index in [0.717, 1.165) is 31.5 Å². The highest BCUT2D eigenvalue weighted by molar-refractivity contribution is 4.88. The molecular weight excluding hydrogens is 248 g/mol. The van der Waals surface area contributed by atoms with E-state index in [9.17, 15) is 0 Å². The highest BCUT2D eigenvalue weighted by Crippen LogP contribution is 2.43. The van der Waals surface area contributed by atoms with Crippen LogP contribution in [0.1, 0.15) is 78.6 Å². The van der Waals surface area contributed by atoms with Gasteiger partial charge in [-0.15, -0.1) is 0 Å². The van der Waals surface area contributed by atoms with Gasteiger partial charge in [-0.1, -0.05) is 52.9 Å². The van der Waals surface area contributed by atoms with Crippen LogP contribution in [0.5, 0.6) is 0 Å². The molecule has 1 saturated carbocycles. The molecule has 2 rings (SSSR count). The zero-order valence-electron chi connectivity index (χ0n) is 13.8. The minimum absolute atomic E-state index is 0.0709. The standard InChI is InChI=1S/C18H34O2/c1-4-6-7-8-17-19-13-18(3,14-20-17)16-11-9-15(5-2)10-12-16/h15-17H,4-14H2,1-3H3. The second-order valence-corrected chi connectivity index (χ2v) is 7.33. The van der Waals surface area contributed by atoms with E-state index in [1.807, 2.05) is 0 Å². The van der Waals surface area contributed by atoms with Gasteiger partial charge in [-0.05, 0) is 37.5 Å². The second kappa shape index (κ2) is 7.79. The van der Waals surface area contributed by atoms with E-state index in [-0.39, 0.29) is 11.7 Å². The number of ether oxygens (including phenoxy) is 2. The van der Waals surface area contributed by atoms with Crippen molar-refractivity contribution in [3.63, 3.8) is 0 Å². The molecule has 1 saturated heterocycles. The van der Waals surface area contributed by atoms with Gasteiger partial charge >= 0.3 is 0 Å².